The van der Waals surface area contributed by atoms with E-state index in [1.54, 1.807) is 13.0 Å². The summed E-state index contributed by atoms with van der Waals surface area (Å²) in [5, 5.41) is 0. The van der Waals surface area contributed by atoms with Crippen LogP contribution in [0.3, 0.4) is 0 Å². The number of sulfonamides is 1. The molecule has 1 aliphatic heterocycles. The number of nitrogens with one attached hydrogen (secondary N) is 1. The van der Waals surface area contributed by atoms with Gasteiger partial charge in [-0.1, -0.05) is 30.3 Å². The summed E-state index contributed by atoms with van der Waals surface area (Å²) in [5.41, 5.74) is 2.08. The van der Waals surface area contributed by atoms with Crippen LogP contribution in [-0.2, 0) is 21.3 Å². The van der Waals surface area contributed by atoms with Crippen molar-refractivity contribution in [1.29, 1.82) is 0 Å². The number of hydrogen-bond acceptors (Lipinski definition) is 5. The van der Waals surface area contributed by atoms with E-state index in [-0.39, 0.29) is 10.9 Å². The molecule has 0 spiro atoms. The van der Waals surface area contributed by atoms with Crippen LogP contribution in [0.4, 0.5) is 0 Å². The topological polar surface area (TPSA) is 75.7 Å². The normalized spacial score (nSPS) is 18.0. The number of likely N-dealkylation sites (tertiary alicyclic amines) is 1. The maximum Gasteiger partial charge on any atom is 0.337 e. The fourth-order valence-corrected chi connectivity index (χ4v) is 5.10. The van der Waals surface area contributed by atoms with Gasteiger partial charge in [0.2, 0.25) is 10.0 Å². The molecule has 2 aromatic carbocycles. The van der Waals surface area contributed by atoms with Crippen molar-refractivity contribution >= 4 is 16.0 Å². The zero-order valence-corrected chi connectivity index (χ0v) is 17.0. The number of esters is 1. The third-order valence-corrected chi connectivity index (χ3v) is 6.64. The van der Waals surface area contributed by atoms with E-state index >= 15 is 0 Å². The van der Waals surface area contributed by atoms with Crippen LogP contribution in [-0.4, -0.2) is 45.5 Å². The molecule has 28 heavy (non-hydrogen) atoms. The number of hydrogen-bond donors (Lipinski definition) is 1. The highest BCUT2D eigenvalue weighted by molar-refractivity contribution is 7.89. The first kappa shape index (κ1) is 20.5. The molecule has 1 saturated heterocycles. The molecule has 0 saturated carbocycles. The van der Waals surface area contributed by atoms with Gasteiger partial charge >= 0.3 is 5.97 Å². The Kier molecular flexibility index (Phi) is 6.49. The van der Waals surface area contributed by atoms with Crippen LogP contribution in [0.5, 0.6) is 0 Å². The first-order chi connectivity index (χ1) is 13.4. The molecule has 0 aliphatic carbocycles. The van der Waals surface area contributed by atoms with Crippen LogP contribution in [0.1, 0.15) is 34.3 Å². The Labute approximate surface area is 166 Å². The number of piperidine rings is 1. The van der Waals surface area contributed by atoms with Gasteiger partial charge in [-0.2, -0.15) is 0 Å². The SMILES string of the molecule is COC(=O)c1ccc(S(=O)(=O)NC2CCCN(Cc3ccccc3)C2)c(C)c1. The Balaban J connectivity index is 1.69. The van der Waals surface area contributed by atoms with E-state index in [2.05, 4.69) is 26.5 Å². The van der Waals surface area contributed by atoms with Crippen molar-refractivity contribution < 1.29 is 17.9 Å². The molecule has 150 valence electrons. The summed E-state index contributed by atoms with van der Waals surface area (Å²) < 4.78 is 33.3. The fourth-order valence-electron chi connectivity index (χ4n) is 3.62. The average molecular weight is 403 g/mol. The zero-order chi connectivity index (χ0) is 20.1. The number of ether oxygens (including phenoxy) is 1. The van der Waals surface area contributed by atoms with Crippen LogP contribution in [0.2, 0.25) is 0 Å². The first-order valence-electron chi connectivity index (χ1n) is 9.36. The van der Waals surface area contributed by atoms with E-state index in [1.807, 2.05) is 18.2 Å². The maximum atomic E-state index is 12.9. The van der Waals surface area contributed by atoms with Gasteiger partial charge < -0.3 is 4.74 Å². The molecule has 0 radical (unpaired) electrons. The van der Waals surface area contributed by atoms with Gasteiger partial charge in [0, 0.05) is 19.1 Å². The summed E-state index contributed by atoms with van der Waals surface area (Å²) in [4.78, 5) is 14.1. The summed E-state index contributed by atoms with van der Waals surface area (Å²) >= 11 is 0. The number of aryl methyl sites for hydroxylation is 1. The second kappa shape index (κ2) is 8.86. The molecule has 3 rings (SSSR count). The molecule has 0 bridgehead atoms. The predicted molar refractivity (Wildman–Crippen MR) is 108 cm³/mol. The van der Waals surface area contributed by atoms with E-state index in [1.165, 1.54) is 24.8 Å². The van der Waals surface area contributed by atoms with Gasteiger partial charge in [0.25, 0.3) is 0 Å². The molecule has 1 heterocycles. The third kappa shape index (κ3) is 4.98. The zero-order valence-electron chi connectivity index (χ0n) is 16.2. The number of benzene rings is 2. The highest BCUT2D eigenvalue weighted by Gasteiger charge is 2.26. The molecule has 1 fully saturated rings. The van der Waals surface area contributed by atoms with E-state index in [0.717, 1.165) is 25.9 Å². The number of rotatable bonds is 6. The largest absolute Gasteiger partial charge is 0.465 e. The molecule has 7 heteroatoms. The molecule has 0 aromatic heterocycles. The van der Waals surface area contributed by atoms with E-state index in [0.29, 0.717) is 17.7 Å². The van der Waals surface area contributed by atoms with Gasteiger partial charge in [-0.15, -0.1) is 0 Å². The van der Waals surface area contributed by atoms with Crippen molar-refractivity contribution in [2.45, 2.75) is 37.2 Å². The number of carbonyl (C=O) groups excluding carboxylic acids is 1. The second-order valence-corrected chi connectivity index (χ2v) is 8.84. The summed E-state index contributed by atoms with van der Waals surface area (Å²) in [7, 11) is -2.37. The third-order valence-electron chi connectivity index (χ3n) is 4.96. The summed E-state index contributed by atoms with van der Waals surface area (Å²) in [6, 6.07) is 14.5. The summed E-state index contributed by atoms with van der Waals surface area (Å²) in [6.07, 6.45) is 1.75. The van der Waals surface area contributed by atoms with Crippen LogP contribution < -0.4 is 4.72 Å². The molecule has 1 atom stereocenters. The van der Waals surface area contributed by atoms with E-state index < -0.39 is 16.0 Å². The lowest BCUT2D eigenvalue weighted by atomic mass is 10.1. The van der Waals surface area contributed by atoms with Crippen LogP contribution in [0.25, 0.3) is 0 Å². The van der Waals surface area contributed by atoms with Crippen molar-refractivity contribution in [1.82, 2.24) is 9.62 Å². The van der Waals surface area contributed by atoms with Crippen molar-refractivity contribution in [3.8, 4) is 0 Å². The molecule has 1 unspecified atom stereocenters. The quantitative estimate of drug-likeness (QED) is 0.752. The second-order valence-electron chi connectivity index (χ2n) is 7.15. The average Bonchev–Trinajstić information content (AvgIpc) is 2.67. The van der Waals surface area contributed by atoms with Crippen molar-refractivity contribution in [2.75, 3.05) is 20.2 Å². The van der Waals surface area contributed by atoms with Gasteiger partial charge in [-0.05, 0) is 55.6 Å². The van der Waals surface area contributed by atoms with Crippen LogP contribution >= 0.6 is 0 Å². The standard InChI is InChI=1S/C21H26N2O4S/c1-16-13-18(21(24)27-2)10-11-20(16)28(25,26)22-19-9-6-12-23(15-19)14-17-7-4-3-5-8-17/h3-5,7-8,10-11,13,19,22H,6,9,12,14-15H2,1-2H3. The van der Waals surface area contributed by atoms with Gasteiger partial charge in [0.1, 0.15) is 0 Å². The number of nitrogens with zero attached hydrogens (tertiary/aromatic N) is 1. The highest BCUT2D eigenvalue weighted by Crippen LogP contribution is 2.20. The maximum absolute atomic E-state index is 12.9. The summed E-state index contributed by atoms with van der Waals surface area (Å²) in [6.45, 7) is 4.13. The lowest BCUT2D eigenvalue weighted by Crippen LogP contribution is -2.47. The Morgan fingerprint density at radius 2 is 1.96 bits per heavy atom. The Morgan fingerprint density at radius 3 is 2.64 bits per heavy atom. The minimum Gasteiger partial charge on any atom is -0.465 e. The van der Waals surface area contributed by atoms with Gasteiger partial charge in [-0.25, -0.2) is 17.9 Å². The number of methoxy groups -OCH3 is 1. The Morgan fingerprint density at radius 1 is 1.21 bits per heavy atom. The summed E-state index contributed by atoms with van der Waals surface area (Å²) in [5.74, 6) is -0.483. The smallest absolute Gasteiger partial charge is 0.337 e. The first-order valence-corrected chi connectivity index (χ1v) is 10.8. The van der Waals surface area contributed by atoms with Crippen molar-refractivity contribution in [3.05, 3.63) is 65.2 Å². The molecular formula is C21H26N2O4S. The lowest BCUT2D eigenvalue weighted by molar-refractivity contribution is 0.0600. The van der Waals surface area contributed by atoms with E-state index in [9.17, 15) is 13.2 Å². The van der Waals surface area contributed by atoms with Gasteiger partial charge in [0.15, 0.2) is 0 Å². The lowest BCUT2D eigenvalue weighted by Gasteiger charge is -2.33. The van der Waals surface area contributed by atoms with Crippen molar-refractivity contribution in [2.24, 2.45) is 0 Å². The molecule has 6 nitrogen and oxygen atoms in total. The Hall–Kier alpha value is -2.22. The van der Waals surface area contributed by atoms with Gasteiger partial charge in [-0.3, -0.25) is 4.90 Å². The fraction of sp³-hybridized carbons (Fsp3) is 0.381. The molecular weight excluding hydrogens is 376 g/mol. The Bertz CT molecular complexity index is 929. The minimum atomic E-state index is -3.66. The molecule has 1 N–H and O–H groups in total. The molecule has 2 aromatic rings. The number of carbonyl (C=O) groups is 1. The highest BCUT2D eigenvalue weighted by atomic mass is 32.2. The van der Waals surface area contributed by atoms with Gasteiger partial charge in [0.05, 0.1) is 17.6 Å². The predicted octanol–water partition coefficient (Wildman–Crippen LogP) is 2.72. The molecule has 1 aliphatic rings. The van der Waals surface area contributed by atoms with E-state index in [4.69, 9.17) is 0 Å². The minimum absolute atomic E-state index is 0.137. The van der Waals surface area contributed by atoms with Crippen LogP contribution in [0, 0.1) is 6.92 Å². The van der Waals surface area contributed by atoms with Crippen LogP contribution in [0.15, 0.2) is 53.4 Å². The monoisotopic (exact) mass is 402 g/mol. The molecule has 0 amide bonds. The van der Waals surface area contributed by atoms with Crippen molar-refractivity contribution in [3.63, 3.8) is 0 Å².